The van der Waals surface area contributed by atoms with Crippen molar-refractivity contribution in [3.8, 4) is 0 Å². The molecule has 0 fully saturated rings. The highest BCUT2D eigenvalue weighted by molar-refractivity contribution is 5.26. The fourth-order valence-corrected chi connectivity index (χ4v) is 1.73. The van der Waals surface area contributed by atoms with E-state index in [1.165, 1.54) is 12.4 Å². The largest absolute Gasteiger partial charge is 0.304 e. The molecule has 0 spiro atoms. The first-order valence-corrected chi connectivity index (χ1v) is 5.76. The van der Waals surface area contributed by atoms with Crippen molar-refractivity contribution in [3.05, 3.63) is 47.5 Å². The van der Waals surface area contributed by atoms with Crippen LogP contribution >= 0.6 is 0 Å². The summed E-state index contributed by atoms with van der Waals surface area (Å²) in [4.78, 5) is 4.00. The first kappa shape index (κ1) is 12.6. The highest BCUT2D eigenvalue weighted by atomic mass is 19.1. The summed E-state index contributed by atoms with van der Waals surface area (Å²) in [6.45, 7) is 2.66. The second-order valence-electron chi connectivity index (χ2n) is 3.92. The van der Waals surface area contributed by atoms with Gasteiger partial charge in [0.15, 0.2) is 0 Å². The van der Waals surface area contributed by atoms with Gasteiger partial charge in [0.2, 0.25) is 0 Å². The first-order chi connectivity index (χ1) is 8.72. The molecule has 1 atom stereocenters. The molecule has 1 aromatic heterocycles. The SMILES string of the molecule is CCCNC(c1ncn[nH]1)c1cc(F)ccc1F. The second kappa shape index (κ2) is 5.68. The van der Waals surface area contributed by atoms with Gasteiger partial charge in [0.1, 0.15) is 23.8 Å². The van der Waals surface area contributed by atoms with Gasteiger partial charge in [-0.25, -0.2) is 13.8 Å². The predicted octanol–water partition coefficient (Wildman–Crippen LogP) is 2.17. The molecule has 0 aliphatic heterocycles. The number of nitrogens with one attached hydrogen (secondary N) is 2. The quantitative estimate of drug-likeness (QED) is 0.857. The summed E-state index contributed by atoms with van der Waals surface area (Å²) in [5.74, 6) is -0.483. The summed E-state index contributed by atoms with van der Waals surface area (Å²) in [6, 6.07) is 2.85. The zero-order valence-corrected chi connectivity index (χ0v) is 9.95. The lowest BCUT2D eigenvalue weighted by Crippen LogP contribution is -2.25. The van der Waals surface area contributed by atoms with Crippen LogP contribution in [0.5, 0.6) is 0 Å². The number of rotatable bonds is 5. The molecule has 1 unspecified atom stereocenters. The van der Waals surface area contributed by atoms with Gasteiger partial charge >= 0.3 is 0 Å². The number of aromatic amines is 1. The van der Waals surface area contributed by atoms with Gasteiger partial charge in [-0.1, -0.05) is 6.92 Å². The van der Waals surface area contributed by atoms with E-state index in [9.17, 15) is 8.78 Å². The molecule has 6 heteroatoms. The van der Waals surface area contributed by atoms with E-state index in [2.05, 4.69) is 20.5 Å². The Labute approximate surface area is 103 Å². The standard InChI is InChI=1S/C12H14F2N4/c1-2-5-15-11(12-16-7-17-18-12)9-6-8(13)3-4-10(9)14/h3-4,6-7,11,15H,2,5H2,1H3,(H,16,17,18). The third-order valence-corrected chi connectivity index (χ3v) is 2.57. The minimum absolute atomic E-state index is 0.222. The number of benzene rings is 1. The van der Waals surface area contributed by atoms with Crippen LogP contribution in [0.15, 0.2) is 24.5 Å². The number of hydrogen-bond acceptors (Lipinski definition) is 3. The summed E-state index contributed by atoms with van der Waals surface area (Å²) in [5, 5.41) is 9.53. The van der Waals surface area contributed by atoms with E-state index in [1.54, 1.807) is 0 Å². The van der Waals surface area contributed by atoms with Crippen molar-refractivity contribution < 1.29 is 8.78 Å². The van der Waals surface area contributed by atoms with Crippen molar-refractivity contribution in [2.24, 2.45) is 0 Å². The molecule has 0 amide bonds. The normalized spacial score (nSPS) is 12.6. The molecule has 0 radical (unpaired) electrons. The molecule has 0 bridgehead atoms. The average molecular weight is 252 g/mol. The lowest BCUT2D eigenvalue weighted by atomic mass is 10.1. The van der Waals surface area contributed by atoms with Crippen molar-refractivity contribution in [3.63, 3.8) is 0 Å². The summed E-state index contributed by atoms with van der Waals surface area (Å²) < 4.78 is 27.0. The smallest absolute Gasteiger partial charge is 0.146 e. The highest BCUT2D eigenvalue weighted by Gasteiger charge is 2.20. The Morgan fingerprint density at radius 2 is 2.22 bits per heavy atom. The Morgan fingerprint density at radius 3 is 2.89 bits per heavy atom. The summed E-state index contributed by atoms with van der Waals surface area (Å²) >= 11 is 0. The zero-order chi connectivity index (χ0) is 13.0. The lowest BCUT2D eigenvalue weighted by Gasteiger charge is -2.17. The van der Waals surface area contributed by atoms with Crippen LogP contribution in [0.3, 0.4) is 0 Å². The van der Waals surface area contributed by atoms with Gasteiger partial charge in [0, 0.05) is 5.56 Å². The van der Waals surface area contributed by atoms with Crippen molar-refractivity contribution >= 4 is 0 Å². The topological polar surface area (TPSA) is 53.6 Å². The third-order valence-electron chi connectivity index (χ3n) is 2.57. The molecule has 2 aromatic rings. The van der Waals surface area contributed by atoms with Gasteiger partial charge in [-0.15, -0.1) is 0 Å². The van der Waals surface area contributed by atoms with Crippen LogP contribution in [0.1, 0.15) is 30.8 Å². The molecular formula is C12H14F2N4. The maximum atomic E-state index is 13.8. The van der Waals surface area contributed by atoms with Crippen LogP contribution in [0, 0.1) is 11.6 Å². The number of nitrogens with zero attached hydrogens (tertiary/aromatic N) is 2. The Hall–Kier alpha value is -1.82. The van der Waals surface area contributed by atoms with Crippen LogP contribution in [-0.2, 0) is 0 Å². The van der Waals surface area contributed by atoms with Crippen LogP contribution in [-0.4, -0.2) is 21.7 Å². The monoisotopic (exact) mass is 252 g/mol. The van der Waals surface area contributed by atoms with Gasteiger partial charge in [-0.2, -0.15) is 5.10 Å². The molecule has 0 aliphatic carbocycles. The van der Waals surface area contributed by atoms with E-state index in [0.717, 1.165) is 18.6 Å². The van der Waals surface area contributed by atoms with Crippen molar-refractivity contribution in [2.45, 2.75) is 19.4 Å². The Morgan fingerprint density at radius 1 is 1.39 bits per heavy atom. The predicted molar refractivity (Wildman–Crippen MR) is 62.9 cm³/mol. The summed E-state index contributed by atoms with van der Waals surface area (Å²) in [7, 11) is 0. The Bertz CT molecular complexity index is 499. The molecule has 4 nitrogen and oxygen atoms in total. The van der Waals surface area contributed by atoms with Gasteiger partial charge in [0.25, 0.3) is 0 Å². The summed E-state index contributed by atoms with van der Waals surface area (Å²) in [5.41, 5.74) is 0.222. The molecule has 0 aliphatic rings. The van der Waals surface area contributed by atoms with E-state index in [1.807, 2.05) is 6.92 Å². The number of H-pyrrole nitrogens is 1. The maximum absolute atomic E-state index is 13.8. The number of aromatic nitrogens is 3. The molecular weight excluding hydrogens is 238 g/mol. The molecule has 2 rings (SSSR count). The fraction of sp³-hybridized carbons (Fsp3) is 0.333. The summed E-state index contributed by atoms with van der Waals surface area (Å²) in [6.07, 6.45) is 2.22. The van der Waals surface area contributed by atoms with Crippen LogP contribution in [0.4, 0.5) is 8.78 Å². The van der Waals surface area contributed by atoms with Gasteiger partial charge in [-0.05, 0) is 31.2 Å². The number of hydrogen-bond donors (Lipinski definition) is 2. The molecule has 96 valence electrons. The van der Waals surface area contributed by atoms with Gasteiger partial charge < -0.3 is 5.32 Å². The molecule has 0 saturated carbocycles. The third kappa shape index (κ3) is 2.70. The Kier molecular flexibility index (Phi) is 3.99. The number of halogens is 2. The van der Waals surface area contributed by atoms with E-state index in [-0.39, 0.29) is 5.56 Å². The van der Waals surface area contributed by atoms with E-state index in [4.69, 9.17) is 0 Å². The molecule has 1 aromatic carbocycles. The average Bonchev–Trinajstić information content (AvgIpc) is 2.88. The zero-order valence-electron chi connectivity index (χ0n) is 9.95. The van der Waals surface area contributed by atoms with E-state index in [0.29, 0.717) is 12.4 Å². The highest BCUT2D eigenvalue weighted by Crippen LogP contribution is 2.22. The van der Waals surface area contributed by atoms with Gasteiger partial charge in [0.05, 0.1) is 6.04 Å². The van der Waals surface area contributed by atoms with Crippen molar-refractivity contribution in [1.29, 1.82) is 0 Å². The van der Waals surface area contributed by atoms with Gasteiger partial charge in [-0.3, -0.25) is 5.10 Å². The second-order valence-corrected chi connectivity index (χ2v) is 3.92. The van der Waals surface area contributed by atoms with E-state index < -0.39 is 17.7 Å². The molecule has 1 heterocycles. The van der Waals surface area contributed by atoms with Crippen molar-refractivity contribution in [1.82, 2.24) is 20.5 Å². The van der Waals surface area contributed by atoms with E-state index >= 15 is 0 Å². The maximum Gasteiger partial charge on any atom is 0.146 e. The Balaban J connectivity index is 2.36. The fourth-order valence-electron chi connectivity index (χ4n) is 1.73. The minimum Gasteiger partial charge on any atom is -0.304 e. The molecule has 0 saturated heterocycles. The molecule has 18 heavy (non-hydrogen) atoms. The first-order valence-electron chi connectivity index (χ1n) is 5.76. The van der Waals surface area contributed by atoms with Crippen LogP contribution < -0.4 is 5.32 Å². The lowest BCUT2D eigenvalue weighted by molar-refractivity contribution is 0.522. The molecule has 2 N–H and O–H groups in total. The van der Waals surface area contributed by atoms with Crippen molar-refractivity contribution in [2.75, 3.05) is 6.54 Å². The minimum atomic E-state index is -0.525. The van der Waals surface area contributed by atoms with Crippen LogP contribution in [0.2, 0.25) is 0 Å². The van der Waals surface area contributed by atoms with Crippen LogP contribution in [0.25, 0.3) is 0 Å².